The number of hydrogen-bond donors (Lipinski definition) is 0. The summed E-state index contributed by atoms with van der Waals surface area (Å²) >= 11 is 4.42. The van der Waals surface area contributed by atoms with Crippen LogP contribution in [0.25, 0.3) is 10.9 Å². The van der Waals surface area contributed by atoms with Crippen molar-refractivity contribution in [2.45, 2.75) is 20.0 Å². The molecular formula is C22H13BrF2N2O2S2. The Morgan fingerprint density at radius 2 is 1.77 bits per heavy atom. The van der Waals surface area contributed by atoms with Crippen molar-refractivity contribution < 1.29 is 17.2 Å². The van der Waals surface area contributed by atoms with E-state index in [9.17, 15) is 12.8 Å². The van der Waals surface area contributed by atoms with Crippen LogP contribution in [0.3, 0.4) is 0 Å². The van der Waals surface area contributed by atoms with Gasteiger partial charge >= 0.3 is 0 Å². The molecule has 0 aliphatic rings. The van der Waals surface area contributed by atoms with Gasteiger partial charge in [-0.3, -0.25) is 0 Å². The van der Waals surface area contributed by atoms with Crippen LogP contribution in [-0.2, 0) is 15.4 Å². The van der Waals surface area contributed by atoms with Gasteiger partial charge < -0.3 is 0 Å². The van der Waals surface area contributed by atoms with Gasteiger partial charge in [-0.1, -0.05) is 45.9 Å². The molecule has 4 rings (SSSR count). The van der Waals surface area contributed by atoms with Crippen molar-refractivity contribution >= 4 is 48.6 Å². The predicted octanol–water partition coefficient (Wildman–Crippen LogP) is 6.07. The quantitative estimate of drug-likeness (QED) is 0.300. The first kappa shape index (κ1) is 21.6. The molecule has 31 heavy (non-hydrogen) atoms. The number of aromatic nitrogens is 1. The Morgan fingerprint density at radius 3 is 2.45 bits per heavy atom. The van der Waals surface area contributed by atoms with E-state index in [1.165, 1.54) is 36.5 Å². The molecule has 1 aromatic heterocycles. The summed E-state index contributed by atoms with van der Waals surface area (Å²) in [4.78, 5) is 0.867. The molecule has 0 spiro atoms. The van der Waals surface area contributed by atoms with Crippen LogP contribution in [0.4, 0.5) is 8.78 Å². The topological polar surface area (TPSA) is 62.9 Å². The zero-order valence-corrected chi connectivity index (χ0v) is 18.9. The molecule has 4 nitrogen and oxygen atoms in total. The van der Waals surface area contributed by atoms with Gasteiger partial charge in [-0.05, 0) is 42.0 Å². The van der Waals surface area contributed by atoms with Crippen LogP contribution >= 0.6 is 27.7 Å². The van der Waals surface area contributed by atoms with E-state index in [-0.39, 0.29) is 26.2 Å². The Balaban J connectivity index is 1.86. The lowest BCUT2D eigenvalue weighted by Crippen LogP contribution is -2.12. The molecule has 4 aromatic rings. The second-order valence-corrected chi connectivity index (χ2v) is 9.98. The first-order valence-corrected chi connectivity index (χ1v) is 12.3. The highest BCUT2D eigenvalue weighted by Crippen LogP contribution is 2.39. The van der Waals surface area contributed by atoms with Gasteiger partial charge in [0, 0.05) is 27.9 Å². The zero-order valence-electron chi connectivity index (χ0n) is 15.7. The number of benzene rings is 3. The molecule has 0 unspecified atom stereocenters. The smallest absolute Gasteiger partial charge is 0.241 e. The van der Waals surface area contributed by atoms with Gasteiger partial charge in [0.2, 0.25) is 0 Å². The van der Waals surface area contributed by atoms with Gasteiger partial charge in [0.25, 0.3) is 10.0 Å². The third-order valence-corrected chi connectivity index (χ3v) is 8.08. The summed E-state index contributed by atoms with van der Waals surface area (Å²) in [6.07, 6.45) is 1.40. The number of alkyl halides is 1. The summed E-state index contributed by atoms with van der Waals surface area (Å²) in [5.41, 5.74) is 0.647. The van der Waals surface area contributed by atoms with Crippen LogP contribution in [-0.4, -0.2) is 12.4 Å². The fourth-order valence-corrected chi connectivity index (χ4v) is 6.34. The van der Waals surface area contributed by atoms with E-state index in [1.807, 2.05) is 0 Å². The van der Waals surface area contributed by atoms with Crippen molar-refractivity contribution in [3.05, 3.63) is 89.6 Å². The molecule has 0 aliphatic heterocycles. The zero-order chi connectivity index (χ0) is 22.2. The first-order valence-electron chi connectivity index (χ1n) is 8.93. The van der Waals surface area contributed by atoms with E-state index in [2.05, 4.69) is 15.9 Å². The van der Waals surface area contributed by atoms with Gasteiger partial charge in [0.15, 0.2) is 0 Å². The first-order chi connectivity index (χ1) is 14.9. The summed E-state index contributed by atoms with van der Waals surface area (Å²) < 4.78 is 56.0. The van der Waals surface area contributed by atoms with Gasteiger partial charge in [-0.15, -0.1) is 0 Å². The fourth-order valence-electron chi connectivity index (χ4n) is 3.21. The lowest BCUT2D eigenvalue weighted by molar-refractivity contribution is 0.588. The number of fused-ring (bicyclic) bond motifs is 1. The van der Waals surface area contributed by atoms with Crippen LogP contribution in [0.15, 0.2) is 81.5 Å². The van der Waals surface area contributed by atoms with Gasteiger partial charge in [0.05, 0.1) is 20.9 Å². The Hall–Kier alpha value is -2.67. The van der Waals surface area contributed by atoms with Crippen LogP contribution < -0.4 is 0 Å². The lowest BCUT2D eigenvalue weighted by atomic mass is 10.1. The average molecular weight is 519 g/mol. The third kappa shape index (κ3) is 3.87. The Morgan fingerprint density at radius 1 is 1.03 bits per heavy atom. The number of rotatable bonds is 5. The highest BCUT2D eigenvalue weighted by molar-refractivity contribution is 9.08. The third-order valence-electron chi connectivity index (χ3n) is 4.68. The number of hydrogen-bond acceptors (Lipinski definition) is 4. The molecule has 0 saturated heterocycles. The molecule has 1 heterocycles. The van der Waals surface area contributed by atoms with E-state index in [0.717, 1.165) is 21.8 Å². The average Bonchev–Trinajstić information content (AvgIpc) is 3.20. The maximum absolute atomic E-state index is 15.2. The van der Waals surface area contributed by atoms with E-state index in [4.69, 9.17) is 5.26 Å². The minimum Gasteiger partial charge on any atom is -0.241 e. The normalized spacial score (nSPS) is 11.5. The molecule has 0 aliphatic carbocycles. The molecule has 156 valence electrons. The van der Waals surface area contributed by atoms with Gasteiger partial charge in [-0.25, -0.2) is 21.2 Å². The summed E-state index contributed by atoms with van der Waals surface area (Å²) in [7, 11) is -3.90. The van der Waals surface area contributed by atoms with Crippen molar-refractivity contribution in [2.24, 2.45) is 0 Å². The Kier molecular flexibility index (Phi) is 5.88. The summed E-state index contributed by atoms with van der Waals surface area (Å²) in [6.45, 7) is 0. The Labute approximate surface area is 190 Å². The second kappa shape index (κ2) is 8.46. The second-order valence-electron chi connectivity index (χ2n) is 6.52. The van der Waals surface area contributed by atoms with Gasteiger partial charge in [0.1, 0.15) is 17.7 Å². The maximum Gasteiger partial charge on any atom is 0.268 e. The maximum atomic E-state index is 15.2. The predicted molar refractivity (Wildman–Crippen MR) is 119 cm³/mol. The fraction of sp³-hybridized carbons (Fsp3) is 0.0455. The van der Waals surface area contributed by atoms with Crippen LogP contribution in [0, 0.1) is 23.0 Å². The number of halogens is 3. The molecule has 9 heteroatoms. The molecule has 0 amide bonds. The molecule has 3 aromatic carbocycles. The number of nitrogens with zero attached hydrogens (tertiary/aromatic N) is 2. The highest BCUT2D eigenvalue weighted by Gasteiger charge is 2.23. The summed E-state index contributed by atoms with van der Waals surface area (Å²) in [5.74, 6) is -1.26. The van der Waals surface area contributed by atoms with Gasteiger partial charge in [-0.2, -0.15) is 5.26 Å². The number of nitriles is 1. The molecule has 0 bridgehead atoms. The molecule has 0 saturated carbocycles. The minimum absolute atomic E-state index is 0.0992. The molecule has 0 radical (unpaired) electrons. The van der Waals surface area contributed by atoms with Crippen LogP contribution in [0.1, 0.15) is 11.1 Å². The van der Waals surface area contributed by atoms with Crippen molar-refractivity contribution in [1.82, 2.24) is 3.97 Å². The molecule has 0 atom stereocenters. The SMILES string of the molecule is N#Cc1cc(Sc2c(F)cc3c(ccn3S(=O)(=O)c3ccccc3)c2CBr)ccc1F. The standard InChI is InChI=1S/C22H13BrF2N2O2S2/c23-12-18-17-8-9-27(31(28,29)16-4-2-1-3-5-16)21(17)11-20(25)22(18)30-15-6-7-19(24)14(10-15)13-26/h1-11H,12H2. The van der Waals surface area contributed by atoms with Crippen LogP contribution in [0.2, 0.25) is 0 Å². The van der Waals surface area contributed by atoms with E-state index >= 15 is 4.39 Å². The largest absolute Gasteiger partial charge is 0.268 e. The highest BCUT2D eigenvalue weighted by atomic mass is 79.9. The minimum atomic E-state index is -3.90. The van der Waals surface area contributed by atoms with Crippen molar-refractivity contribution in [3.8, 4) is 6.07 Å². The van der Waals surface area contributed by atoms with Crippen molar-refractivity contribution in [2.75, 3.05) is 0 Å². The van der Waals surface area contributed by atoms with E-state index in [1.54, 1.807) is 30.3 Å². The monoisotopic (exact) mass is 518 g/mol. The summed E-state index contributed by atoms with van der Waals surface area (Å²) in [6, 6.07) is 16.5. The van der Waals surface area contributed by atoms with E-state index < -0.39 is 21.7 Å². The molecule has 0 fully saturated rings. The molecular weight excluding hydrogens is 506 g/mol. The lowest BCUT2D eigenvalue weighted by Gasteiger charge is -2.13. The Bertz CT molecular complexity index is 1450. The van der Waals surface area contributed by atoms with E-state index in [0.29, 0.717) is 15.8 Å². The molecule has 0 N–H and O–H groups in total. The summed E-state index contributed by atoms with van der Waals surface area (Å²) in [5, 5.41) is 9.88. The van der Waals surface area contributed by atoms with Crippen molar-refractivity contribution in [1.29, 1.82) is 5.26 Å². The van der Waals surface area contributed by atoms with Crippen molar-refractivity contribution in [3.63, 3.8) is 0 Å². The van der Waals surface area contributed by atoms with Crippen LogP contribution in [0.5, 0.6) is 0 Å².